The Hall–Kier alpha value is -1.27. The minimum absolute atomic E-state index is 0.140. The van der Waals surface area contributed by atoms with Crippen LogP contribution in [0.15, 0.2) is 27.8 Å². The fourth-order valence-electron chi connectivity index (χ4n) is 2.65. The number of amidine groups is 1. The molecular formula is C14H21BrN4O. The Bertz CT molecular complexity index is 498. The van der Waals surface area contributed by atoms with Gasteiger partial charge in [-0.2, -0.15) is 0 Å². The van der Waals surface area contributed by atoms with Crippen LogP contribution in [0.1, 0.15) is 18.4 Å². The number of nitrogens with two attached hydrogens (primary N) is 1. The summed E-state index contributed by atoms with van der Waals surface area (Å²) in [5, 5.41) is 12.1. The van der Waals surface area contributed by atoms with Gasteiger partial charge in [-0.1, -0.05) is 21.1 Å². The zero-order valence-corrected chi connectivity index (χ0v) is 13.5. The molecule has 2 rings (SSSR count). The van der Waals surface area contributed by atoms with Gasteiger partial charge in [-0.15, -0.1) is 0 Å². The molecule has 6 heteroatoms. The van der Waals surface area contributed by atoms with Crippen LogP contribution in [0, 0.1) is 0 Å². The molecule has 0 spiro atoms. The summed E-state index contributed by atoms with van der Waals surface area (Å²) in [4.78, 5) is 4.59. The van der Waals surface area contributed by atoms with Gasteiger partial charge in [-0.25, -0.2) is 0 Å². The van der Waals surface area contributed by atoms with Gasteiger partial charge < -0.3 is 20.7 Å². The van der Waals surface area contributed by atoms with E-state index >= 15 is 0 Å². The molecule has 0 atom stereocenters. The molecule has 0 aliphatic carbocycles. The summed E-state index contributed by atoms with van der Waals surface area (Å²) in [7, 11) is 4.23. The van der Waals surface area contributed by atoms with Crippen molar-refractivity contribution in [1.82, 2.24) is 4.90 Å². The van der Waals surface area contributed by atoms with E-state index < -0.39 is 0 Å². The maximum absolute atomic E-state index is 8.95. The number of nitrogens with zero attached hydrogens (tertiary/aromatic N) is 3. The van der Waals surface area contributed by atoms with E-state index in [0.717, 1.165) is 41.7 Å². The van der Waals surface area contributed by atoms with E-state index in [1.807, 2.05) is 18.2 Å². The average molecular weight is 341 g/mol. The van der Waals surface area contributed by atoms with Gasteiger partial charge in [-0.05, 0) is 51.2 Å². The van der Waals surface area contributed by atoms with Gasteiger partial charge in [-0.3, -0.25) is 0 Å². The second-order valence-electron chi connectivity index (χ2n) is 5.29. The third kappa shape index (κ3) is 3.24. The first kappa shape index (κ1) is 15.1. The minimum atomic E-state index is 0.140. The summed E-state index contributed by atoms with van der Waals surface area (Å²) >= 11 is 3.43. The smallest absolute Gasteiger partial charge is 0.172 e. The fraction of sp³-hybridized carbons (Fsp3) is 0.500. The maximum atomic E-state index is 8.95. The van der Waals surface area contributed by atoms with Crippen molar-refractivity contribution < 1.29 is 5.21 Å². The van der Waals surface area contributed by atoms with E-state index in [9.17, 15) is 0 Å². The van der Waals surface area contributed by atoms with Crippen LogP contribution in [0.4, 0.5) is 5.69 Å². The van der Waals surface area contributed by atoms with E-state index in [2.05, 4.69) is 45.0 Å². The number of benzene rings is 1. The quantitative estimate of drug-likeness (QED) is 0.382. The van der Waals surface area contributed by atoms with E-state index in [0.29, 0.717) is 6.04 Å². The molecule has 1 aliphatic heterocycles. The van der Waals surface area contributed by atoms with E-state index in [1.165, 1.54) is 0 Å². The van der Waals surface area contributed by atoms with Gasteiger partial charge in [0.1, 0.15) is 0 Å². The number of likely N-dealkylation sites (tertiary alicyclic amines) is 1. The van der Waals surface area contributed by atoms with Gasteiger partial charge in [0.2, 0.25) is 0 Å². The Morgan fingerprint density at radius 1 is 1.45 bits per heavy atom. The maximum Gasteiger partial charge on any atom is 0.172 e. The highest BCUT2D eigenvalue weighted by Gasteiger charge is 2.23. The third-order valence-corrected chi connectivity index (χ3v) is 4.45. The summed E-state index contributed by atoms with van der Waals surface area (Å²) in [5.74, 6) is 0.140. The van der Waals surface area contributed by atoms with Crippen LogP contribution in [0.3, 0.4) is 0 Å². The highest BCUT2D eigenvalue weighted by atomic mass is 79.9. The van der Waals surface area contributed by atoms with Crippen molar-refractivity contribution in [2.24, 2.45) is 10.9 Å². The SMILES string of the molecule is CN1CCC(N(C)c2ccc(Br)cc2/C(N)=N/O)CC1. The Labute approximate surface area is 128 Å². The number of oxime groups is 1. The van der Waals surface area contributed by atoms with E-state index in [-0.39, 0.29) is 5.84 Å². The first-order valence-electron chi connectivity index (χ1n) is 6.71. The topological polar surface area (TPSA) is 65.1 Å². The van der Waals surface area contributed by atoms with Crippen molar-refractivity contribution in [2.75, 3.05) is 32.1 Å². The molecule has 1 aromatic rings. The van der Waals surface area contributed by atoms with Crippen LogP contribution in [-0.4, -0.2) is 49.2 Å². The molecule has 110 valence electrons. The molecule has 0 aromatic heterocycles. The monoisotopic (exact) mass is 340 g/mol. The predicted octanol–water partition coefficient (Wildman–Crippen LogP) is 2.07. The van der Waals surface area contributed by atoms with Crippen molar-refractivity contribution in [3.63, 3.8) is 0 Å². The van der Waals surface area contributed by atoms with Crippen molar-refractivity contribution in [1.29, 1.82) is 0 Å². The molecule has 3 N–H and O–H groups in total. The summed E-state index contributed by atoms with van der Waals surface area (Å²) in [6.07, 6.45) is 2.25. The van der Waals surface area contributed by atoms with Gasteiger partial charge in [0.25, 0.3) is 0 Å². The highest BCUT2D eigenvalue weighted by Crippen LogP contribution is 2.27. The average Bonchev–Trinajstić information content (AvgIpc) is 2.46. The van der Waals surface area contributed by atoms with E-state index in [4.69, 9.17) is 10.9 Å². The van der Waals surface area contributed by atoms with Crippen molar-refractivity contribution in [3.8, 4) is 0 Å². The molecule has 0 amide bonds. The molecule has 1 aliphatic rings. The Morgan fingerprint density at radius 3 is 2.70 bits per heavy atom. The van der Waals surface area contributed by atoms with E-state index in [1.54, 1.807) is 0 Å². The van der Waals surface area contributed by atoms with Gasteiger partial charge >= 0.3 is 0 Å². The lowest BCUT2D eigenvalue weighted by molar-refractivity contribution is 0.253. The molecule has 1 saturated heterocycles. The summed E-state index contributed by atoms with van der Waals surface area (Å²) in [6, 6.07) is 6.36. The zero-order valence-electron chi connectivity index (χ0n) is 11.9. The van der Waals surface area contributed by atoms with Crippen LogP contribution >= 0.6 is 15.9 Å². The number of halogens is 1. The minimum Gasteiger partial charge on any atom is -0.409 e. The summed E-state index contributed by atoms with van der Waals surface area (Å²) in [5.41, 5.74) is 7.55. The largest absolute Gasteiger partial charge is 0.409 e. The normalized spacial score (nSPS) is 18.2. The molecule has 5 nitrogen and oxygen atoms in total. The van der Waals surface area contributed by atoms with Crippen LogP contribution in [0.25, 0.3) is 0 Å². The van der Waals surface area contributed by atoms with Crippen LogP contribution < -0.4 is 10.6 Å². The lowest BCUT2D eigenvalue weighted by atomic mass is 10.0. The van der Waals surface area contributed by atoms with Crippen molar-refractivity contribution >= 4 is 27.5 Å². The Morgan fingerprint density at radius 2 is 2.10 bits per heavy atom. The first-order valence-corrected chi connectivity index (χ1v) is 7.51. The molecule has 1 fully saturated rings. The van der Waals surface area contributed by atoms with Crippen LogP contribution in [0.2, 0.25) is 0 Å². The Balaban J connectivity index is 2.27. The second kappa shape index (κ2) is 6.45. The fourth-order valence-corrected chi connectivity index (χ4v) is 3.01. The molecule has 20 heavy (non-hydrogen) atoms. The molecule has 0 radical (unpaired) electrons. The molecule has 1 heterocycles. The number of anilines is 1. The molecule has 0 saturated carbocycles. The number of rotatable bonds is 3. The summed E-state index contributed by atoms with van der Waals surface area (Å²) < 4.78 is 0.916. The van der Waals surface area contributed by atoms with Crippen LogP contribution in [0.5, 0.6) is 0 Å². The third-order valence-electron chi connectivity index (χ3n) is 3.96. The first-order chi connectivity index (χ1) is 9.52. The van der Waals surface area contributed by atoms with Gasteiger partial charge in [0.15, 0.2) is 5.84 Å². The van der Waals surface area contributed by atoms with Crippen molar-refractivity contribution in [2.45, 2.75) is 18.9 Å². The number of piperidine rings is 1. The second-order valence-corrected chi connectivity index (χ2v) is 6.21. The standard InChI is InChI=1S/C14H21BrN4O/c1-18-7-5-11(6-8-18)19(2)13-4-3-10(15)9-12(13)14(16)17-20/h3-4,9,11,20H,5-8H2,1-2H3,(H2,16,17). The van der Waals surface area contributed by atoms with Crippen molar-refractivity contribution in [3.05, 3.63) is 28.2 Å². The summed E-state index contributed by atoms with van der Waals surface area (Å²) in [6.45, 7) is 2.20. The number of hydrogen-bond acceptors (Lipinski definition) is 4. The molecule has 0 bridgehead atoms. The molecule has 1 aromatic carbocycles. The molecule has 0 unspecified atom stereocenters. The van der Waals surface area contributed by atoms with Crippen LogP contribution in [-0.2, 0) is 0 Å². The highest BCUT2D eigenvalue weighted by molar-refractivity contribution is 9.10. The zero-order chi connectivity index (χ0) is 14.7. The number of hydrogen-bond donors (Lipinski definition) is 2. The predicted molar refractivity (Wildman–Crippen MR) is 85.6 cm³/mol. The lowest BCUT2D eigenvalue weighted by Crippen LogP contribution is -2.42. The molecular weight excluding hydrogens is 320 g/mol. The van der Waals surface area contributed by atoms with Gasteiger partial charge in [0, 0.05) is 28.8 Å². The lowest BCUT2D eigenvalue weighted by Gasteiger charge is -2.37. The van der Waals surface area contributed by atoms with Gasteiger partial charge in [0.05, 0.1) is 0 Å². The Kier molecular flexibility index (Phi) is 4.88.